The molecular weight excluding hydrogens is 1040 g/mol. The summed E-state index contributed by atoms with van der Waals surface area (Å²) in [4.78, 5) is 28.1. The minimum Gasteiger partial charge on any atom is -0.488 e. The van der Waals surface area contributed by atoms with Crippen molar-refractivity contribution in [2.45, 2.75) is 68.7 Å². The van der Waals surface area contributed by atoms with Crippen molar-refractivity contribution < 1.29 is 54.9 Å². The van der Waals surface area contributed by atoms with Crippen molar-refractivity contribution in [1.29, 1.82) is 0 Å². The van der Waals surface area contributed by atoms with Crippen molar-refractivity contribution in [3.63, 3.8) is 0 Å². The van der Waals surface area contributed by atoms with Crippen LogP contribution in [-0.2, 0) is 28.2 Å². The lowest BCUT2D eigenvalue weighted by molar-refractivity contribution is -0.288. The van der Waals surface area contributed by atoms with Crippen molar-refractivity contribution in [2.75, 3.05) is 13.2 Å². The summed E-state index contributed by atoms with van der Waals surface area (Å²) in [5.74, 6) is 0.594. The molecule has 8 nitrogen and oxygen atoms in total. The van der Waals surface area contributed by atoms with E-state index in [-0.39, 0.29) is 26.4 Å². The number of nitrogens with one attached hydrogen (secondary N) is 2. The van der Waals surface area contributed by atoms with Gasteiger partial charge in [0.1, 0.15) is 36.2 Å². The largest absolute Gasteiger partial charge is 0.488 e. The minimum atomic E-state index is -5.84. The number of hydrogen-bond acceptors (Lipinski definition) is 6. The second kappa shape index (κ2) is 21.5. The van der Waals surface area contributed by atoms with E-state index < -0.39 is 52.8 Å². The highest BCUT2D eigenvalue weighted by Gasteiger charge is 2.72. The first-order valence-corrected chi connectivity index (χ1v) is 26.7. The van der Waals surface area contributed by atoms with Crippen LogP contribution < -0.4 is 29.6 Å². The normalized spacial score (nSPS) is 17.4. The molecule has 1 fully saturated rings. The van der Waals surface area contributed by atoms with Gasteiger partial charge in [-0.2, -0.15) is 26.3 Å². The number of hydrogen-bond donors (Lipinski definition) is 2. The topological polar surface area (TPSA) is 95.1 Å². The maximum Gasteiger partial charge on any atom is 0.411 e. The lowest BCUT2D eigenvalue weighted by Crippen LogP contribution is -2.54. The van der Waals surface area contributed by atoms with Gasteiger partial charge in [0, 0.05) is 34.3 Å². The Bertz CT molecular complexity index is 3750. The summed E-state index contributed by atoms with van der Waals surface area (Å²) in [6.07, 6.45) is -8.77. The van der Waals surface area contributed by atoms with E-state index in [1.165, 1.54) is 24.3 Å². The summed E-state index contributed by atoms with van der Waals surface area (Å²) in [5.41, 5.74) is -3.46. The average molecular weight is 1100 g/mol. The molecule has 2 atom stereocenters. The van der Waals surface area contributed by atoms with Gasteiger partial charge in [0.2, 0.25) is 5.41 Å². The van der Waals surface area contributed by atoms with Crippen LogP contribution in [0.2, 0.25) is 0 Å². The highest BCUT2D eigenvalue weighted by Crippen LogP contribution is 2.56. The number of fused-ring (bicyclic) bond motifs is 6. The van der Waals surface area contributed by atoms with Crippen molar-refractivity contribution >= 4 is 54.9 Å². The standard InChI is InChI=1S/C67H52F6N2O6/c68-66(69,70)65(67(71,72)73)47-29-21-41(22-30-47)37-78-55-33-25-43-11-1-5-15-49(43)61(55)63-51-17-7-3-13-45(51)27-35-57(63)80-39-59(76)74-53-19-9-10-20-54(53)75-60(77)40-81-58-36-28-46-14-4-8-18-52(46)64(58)62-50-16-6-2-12-44(50)26-34-56(62)79-38-42-23-31-48(65)32-24-42/h1-8,11-18,21-36,53-54H,9-10,19-20,37-40H2,(H,74,76)(H,75,77)/t53-,54-/m0/s1. The molecule has 0 radical (unpaired) electrons. The van der Waals surface area contributed by atoms with Gasteiger partial charge in [-0.3, -0.25) is 9.59 Å². The SMILES string of the molecule is O=C1COc2ccc3ccccc3c2-c2c(ccc3ccccc23)OCc2ccc(cc2)C(C(F)(F)F)(C(F)(F)F)c2ccc(cc2)COc2ccc3ccccc3c2-c2c(ccc3ccccc23)OCC(=O)N[C@H]2CCCC[C@@H]2N1. The molecule has 81 heavy (non-hydrogen) atoms. The predicted molar refractivity (Wildman–Crippen MR) is 302 cm³/mol. The first-order valence-electron chi connectivity index (χ1n) is 26.7. The van der Waals surface area contributed by atoms with Crippen molar-refractivity contribution in [3.8, 4) is 45.3 Å². The highest BCUT2D eigenvalue weighted by atomic mass is 19.4. The fourth-order valence-corrected chi connectivity index (χ4v) is 11.8. The lowest BCUT2D eigenvalue weighted by Gasteiger charge is -2.38. The smallest absolute Gasteiger partial charge is 0.411 e. The number of carbonyl (C=O) groups is 2. The second-order valence-corrected chi connectivity index (χ2v) is 20.6. The molecule has 4 bridgehead atoms. The molecule has 10 aromatic rings. The number of rotatable bonds is 0. The molecule has 14 heteroatoms. The maximum atomic E-state index is 15.6. The molecule has 0 unspecified atom stereocenters. The predicted octanol–water partition coefficient (Wildman–Crippen LogP) is 15.5. The first kappa shape index (κ1) is 52.6. The van der Waals surface area contributed by atoms with Crippen LogP contribution in [0.4, 0.5) is 26.3 Å². The van der Waals surface area contributed by atoms with E-state index in [0.29, 0.717) is 69.2 Å². The molecule has 0 saturated heterocycles. The van der Waals surface area contributed by atoms with Gasteiger partial charge in [0.05, 0.1) is 0 Å². The molecule has 1 aliphatic carbocycles. The molecule has 3 heterocycles. The molecular formula is C67H52F6N2O6. The van der Waals surface area contributed by atoms with Gasteiger partial charge >= 0.3 is 12.4 Å². The van der Waals surface area contributed by atoms with Gasteiger partial charge in [0.15, 0.2) is 13.2 Å². The number of carbonyl (C=O) groups excluding carboxylic acids is 2. The Kier molecular flexibility index (Phi) is 14.0. The summed E-state index contributed by atoms with van der Waals surface area (Å²) >= 11 is 0. The fraction of sp³-hybridized carbons (Fsp3) is 0.194. The average Bonchev–Trinajstić information content (AvgIpc) is 3.47. The zero-order chi connectivity index (χ0) is 55.9. The monoisotopic (exact) mass is 1090 g/mol. The van der Waals surface area contributed by atoms with Crippen LogP contribution >= 0.6 is 0 Å². The Morgan fingerprint density at radius 3 is 0.938 bits per heavy atom. The number of benzene rings is 10. The van der Waals surface area contributed by atoms with Gasteiger partial charge in [-0.1, -0.05) is 183 Å². The van der Waals surface area contributed by atoms with Crippen LogP contribution in [0.5, 0.6) is 23.0 Å². The summed E-state index contributed by atoms with van der Waals surface area (Å²) < 4.78 is 120. The van der Waals surface area contributed by atoms with Gasteiger partial charge in [0.25, 0.3) is 11.8 Å². The van der Waals surface area contributed by atoms with E-state index >= 15 is 26.3 Å². The summed E-state index contributed by atoms with van der Waals surface area (Å²) in [7, 11) is 0. The van der Waals surface area contributed by atoms with Gasteiger partial charge in [-0.05, 0) is 102 Å². The Morgan fingerprint density at radius 1 is 0.358 bits per heavy atom. The fourth-order valence-electron chi connectivity index (χ4n) is 11.8. The molecule has 10 aromatic carbocycles. The summed E-state index contributed by atoms with van der Waals surface area (Å²) in [6, 6.07) is 52.5. The molecule has 1 saturated carbocycles. The van der Waals surface area contributed by atoms with Crippen LogP contribution in [-0.4, -0.2) is 49.5 Å². The van der Waals surface area contributed by atoms with Crippen LogP contribution in [0.15, 0.2) is 194 Å². The molecule has 2 N–H and O–H groups in total. The molecule has 0 aromatic heterocycles. The van der Waals surface area contributed by atoms with Gasteiger partial charge in [-0.15, -0.1) is 0 Å². The van der Waals surface area contributed by atoms with E-state index in [1.54, 1.807) is 24.3 Å². The minimum absolute atomic E-state index is 0.235. The Morgan fingerprint density at radius 2 is 0.642 bits per heavy atom. The Labute approximate surface area is 462 Å². The Balaban J connectivity index is 0.967. The second-order valence-electron chi connectivity index (χ2n) is 20.6. The van der Waals surface area contributed by atoms with Crippen LogP contribution in [0.1, 0.15) is 47.9 Å². The lowest BCUT2D eigenvalue weighted by atomic mass is 9.72. The van der Waals surface area contributed by atoms with E-state index in [2.05, 4.69) is 10.6 Å². The van der Waals surface area contributed by atoms with Gasteiger partial charge in [-0.25, -0.2) is 0 Å². The summed E-state index contributed by atoms with van der Waals surface area (Å²) in [5, 5.41) is 12.7. The third kappa shape index (κ3) is 9.97. The van der Waals surface area contributed by atoms with Crippen LogP contribution in [0.3, 0.4) is 0 Å². The van der Waals surface area contributed by atoms with Gasteiger partial charge < -0.3 is 29.6 Å². The molecule has 2 amide bonds. The third-order valence-electron chi connectivity index (χ3n) is 15.7. The maximum absolute atomic E-state index is 15.6. The van der Waals surface area contributed by atoms with E-state index in [9.17, 15) is 9.59 Å². The number of ether oxygens (including phenoxy) is 4. The van der Waals surface area contributed by atoms with Crippen molar-refractivity contribution in [2.24, 2.45) is 0 Å². The van der Waals surface area contributed by atoms with E-state index in [0.717, 1.165) is 80.2 Å². The van der Waals surface area contributed by atoms with Crippen LogP contribution in [0.25, 0.3) is 65.3 Å². The number of alkyl halides is 6. The first-order chi connectivity index (χ1) is 39.2. The van der Waals surface area contributed by atoms with Crippen molar-refractivity contribution in [3.05, 3.63) is 216 Å². The van der Waals surface area contributed by atoms with E-state index in [1.807, 2.05) is 121 Å². The zero-order valence-corrected chi connectivity index (χ0v) is 43.5. The number of amides is 2. The molecule has 4 aliphatic rings. The zero-order valence-electron chi connectivity index (χ0n) is 43.5. The van der Waals surface area contributed by atoms with E-state index in [4.69, 9.17) is 18.9 Å². The highest BCUT2D eigenvalue weighted by molar-refractivity contribution is 6.11. The molecule has 0 spiro atoms. The van der Waals surface area contributed by atoms with Crippen molar-refractivity contribution in [1.82, 2.24) is 10.6 Å². The molecule has 14 rings (SSSR count). The summed E-state index contributed by atoms with van der Waals surface area (Å²) in [6.45, 7) is -1.24. The number of halogens is 6. The Hall–Kier alpha value is -9.04. The van der Waals surface area contributed by atoms with Crippen LogP contribution in [0, 0.1) is 0 Å². The third-order valence-corrected chi connectivity index (χ3v) is 15.7. The molecule has 3 aliphatic heterocycles. The molecule has 408 valence electrons. The quantitative estimate of drug-likeness (QED) is 0.147.